The number of furan rings is 2. The first-order valence-electron chi connectivity index (χ1n) is 16.7. The van der Waals surface area contributed by atoms with Gasteiger partial charge in [-0.3, -0.25) is 0 Å². The van der Waals surface area contributed by atoms with Crippen molar-refractivity contribution in [2.75, 3.05) is 0 Å². The van der Waals surface area contributed by atoms with E-state index in [9.17, 15) is 0 Å². The van der Waals surface area contributed by atoms with Crippen molar-refractivity contribution >= 4 is 76.2 Å². The van der Waals surface area contributed by atoms with Crippen LogP contribution in [0.1, 0.15) is 0 Å². The predicted octanol–water partition coefficient (Wildman–Crippen LogP) is 12.1. The summed E-state index contributed by atoms with van der Waals surface area (Å²) in [6, 6.07) is 52.2. The van der Waals surface area contributed by atoms with E-state index in [1.807, 2.05) is 60.7 Å². The van der Waals surface area contributed by atoms with Gasteiger partial charge in [-0.25, -0.2) is 15.0 Å². The van der Waals surface area contributed by atoms with E-state index in [2.05, 4.69) is 91.0 Å². The minimum atomic E-state index is 0.579. The molecule has 0 aliphatic heterocycles. The Morgan fingerprint density at radius 3 is 1.44 bits per heavy atom. The van der Waals surface area contributed by atoms with E-state index in [1.54, 1.807) is 0 Å². The molecule has 8 aromatic carbocycles. The zero-order chi connectivity index (χ0) is 32.8. The predicted molar refractivity (Wildman–Crippen MR) is 203 cm³/mol. The van der Waals surface area contributed by atoms with Crippen LogP contribution in [0.2, 0.25) is 0 Å². The van der Waals surface area contributed by atoms with Gasteiger partial charge in [0.1, 0.15) is 22.3 Å². The highest BCUT2D eigenvalue weighted by Crippen LogP contribution is 2.40. The van der Waals surface area contributed by atoms with Gasteiger partial charge < -0.3 is 8.83 Å². The number of hydrogen-bond acceptors (Lipinski definition) is 5. The molecule has 232 valence electrons. The minimum Gasteiger partial charge on any atom is -0.456 e. The van der Waals surface area contributed by atoms with Gasteiger partial charge in [-0.15, -0.1) is 0 Å². The van der Waals surface area contributed by atoms with E-state index in [-0.39, 0.29) is 0 Å². The van der Waals surface area contributed by atoms with Crippen LogP contribution in [0.15, 0.2) is 160 Å². The molecule has 0 N–H and O–H groups in total. The molecule has 50 heavy (non-hydrogen) atoms. The van der Waals surface area contributed by atoms with E-state index in [1.165, 1.54) is 21.5 Å². The maximum Gasteiger partial charge on any atom is 0.164 e. The normalized spacial score (nSPS) is 12.0. The van der Waals surface area contributed by atoms with Crippen LogP contribution in [-0.4, -0.2) is 15.0 Å². The van der Waals surface area contributed by atoms with Crippen LogP contribution >= 0.6 is 0 Å². The molecule has 11 aromatic rings. The average molecular weight is 640 g/mol. The smallest absolute Gasteiger partial charge is 0.164 e. The summed E-state index contributed by atoms with van der Waals surface area (Å²) in [7, 11) is 0. The molecule has 0 atom stereocenters. The first-order valence-corrected chi connectivity index (χ1v) is 16.7. The topological polar surface area (TPSA) is 65.0 Å². The van der Waals surface area contributed by atoms with Crippen molar-refractivity contribution in [3.63, 3.8) is 0 Å². The average Bonchev–Trinajstić information content (AvgIpc) is 3.76. The Hall–Kier alpha value is -6.85. The highest BCUT2D eigenvalue weighted by Gasteiger charge is 2.20. The molecule has 0 aliphatic rings. The second-order valence-corrected chi connectivity index (χ2v) is 12.7. The number of rotatable bonds is 3. The van der Waals surface area contributed by atoms with E-state index in [4.69, 9.17) is 23.8 Å². The lowest BCUT2D eigenvalue weighted by molar-refractivity contribution is 0.668. The van der Waals surface area contributed by atoms with Crippen molar-refractivity contribution in [3.8, 4) is 34.2 Å². The van der Waals surface area contributed by atoms with Crippen LogP contribution < -0.4 is 0 Å². The van der Waals surface area contributed by atoms with Crippen molar-refractivity contribution in [1.82, 2.24) is 15.0 Å². The Bertz CT molecular complexity index is 3030. The molecule has 0 amide bonds. The molecule has 3 aromatic heterocycles. The monoisotopic (exact) mass is 639 g/mol. The third-order valence-electron chi connectivity index (χ3n) is 9.91. The summed E-state index contributed by atoms with van der Waals surface area (Å²) in [6.07, 6.45) is 0. The molecule has 0 unspecified atom stereocenters. The van der Waals surface area contributed by atoms with E-state index in [0.29, 0.717) is 17.5 Å². The summed E-state index contributed by atoms with van der Waals surface area (Å²) in [5.41, 5.74) is 5.92. The lowest BCUT2D eigenvalue weighted by Gasteiger charge is -2.12. The van der Waals surface area contributed by atoms with Crippen molar-refractivity contribution < 1.29 is 8.83 Å². The quantitative estimate of drug-likeness (QED) is 0.180. The molecule has 5 heteroatoms. The zero-order valence-electron chi connectivity index (χ0n) is 26.6. The van der Waals surface area contributed by atoms with Gasteiger partial charge in [0.05, 0.1) is 0 Å². The summed E-state index contributed by atoms with van der Waals surface area (Å²) < 4.78 is 12.6. The lowest BCUT2D eigenvalue weighted by atomic mass is 9.95. The third-order valence-corrected chi connectivity index (χ3v) is 9.91. The van der Waals surface area contributed by atoms with Crippen LogP contribution in [0, 0.1) is 0 Å². The Morgan fingerprint density at radius 2 is 0.800 bits per heavy atom. The van der Waals surface area contributed by atoms with Crippen LogP contribution in [-0.2, 0) is 0 Å². The van der Waals surface area contributed by atoms with Crippen molar-refractivity contribution in [2.24, 2.45) is 0 Å². The summed E-state index contributed by atoms with van der Waals surface area (Å²) in [5, 5.41) is 11.2. The standard InChI is InChI=1S/C45H25N3O2/c1-2-10-30-26(9-1)19-22-28-23-20-27-21-24-29(25-35(27)40(28)30)43-46-44(33-13-7-17-38-41(33)31-11-3-5-15-36(31)49-38)48-45(47-43)34-14-8-18-39-42(34)32-12-4-6-16-37(32)50-39/h1-25H. The van der Waals surface area contributed by atoms with Gasteiger partial charge in [0, 0.05) is 38.2 Å². The van der Waals surface area contributed by atoms with E-state index in [0.717, 1.165) is 71.3 Å². The largest absolute Gasteiger partial charge is 0.456 e. The van der Waals surface area contributed by atoms with Crippen LogP contribution in [0.25, 0.3) is 110 Å². The summed E-state index contributed by atoms with van der Waals surface area (Å²) in [4.78, 5) is 15.7. The zero-order valence-corrected chi connectivity index (χ0v) is 26.6. The van der Waals surface area contributed by atoms with Crippen LogP contribution in [0.4, 0.5) is 0 Å². The Labute approximate surface area is 285 Å². The van der Waals surface area contributed by atoms with Gasteiger partial charge in [-0.05, 0) is 62.6 Å². The summed E-state index contributed by atoms with van der Waals surface area (Å²) in [5.74, 6) is 1.75. The van der Waals surface area contributed by atoms with Gasteiger partial charge in [0.15, 0.2) is 17.5 Å². The van der Waals surface area contributed by atoms with Crippen molar-refractivity contribution in [2.45, 2.75) is 0 Å². The molecule has 0 aliphatic carbocycles. The Balaban J connectivity index is 1.23. The number of aromatic nitrogens is 3. The van der Waals surface area contributed by atoms with Gasteiger partial charge >= 0.3 is 0 Å². The fraction of sp³-hybridized carbons (Fsp3) is 0. The Kier molecular flexibility index (Phi) is 5.60. The third kappa shape index (κ3) is 3.98. The summed E-state index contributed by atoms with van der Waals surface area (Å²) in [6.45, 7) is 0. The number of nitrogens with zero attached hydrogens (tertiary/aromatic N) is 3. The fourth-order valence-corrected chi connectivity index (χ4v) is 7.63. The second-order valence-electron chi connectivity index (χ2n) is 12.7. The Morgan fingerprint density at radius 1 is 0.320 bits per heavy atom. The maximum atomic E-state index is 6.28. The first kappa shape index (κ1) is 27.1. The molecule has 0 saturated carbocycles. The highest BCUT2D eigenvalue weighted by molar-refractivity contribution is 6.21. The summed E-state index contributed by atoms with van der Waals surface area (Å²) >= 11 is 0. The molecule has 3 heterocycles. The van der Waals surface area contributed by atoms with Crippen molar-refractivity contribution in [3.05, 3.63) is 152 Å². The van der Waals surface area contributed by atoms with Gasteiger partial charge in [-0.2, -0.15) is 0 Å². The number of hydrogen-bond donors (Lipinski definition) is 0. The second kappa shape index (κ2) is 10.3. The van der Waals surface area contributed by atoms with Crippen molar-refractivity contribution in [1.29, 1.82) is 0 Å². The number of benzene rings is 8. The van der Waals surface area contributed by atoms with Gasteiger partial charge in [0.25, 0.3) is 0 Å². The number of para-hydroxylation sites is 2. The molecule has 0 radical (unpaired) electrons. The van der Waals surface area contributed by atoms with Crippen LogP contribution in [0.3, 0.4) is 0 Å². The van der Waals surface area contributed by atoms with E-state index >= 15 is 0 Å². The molecule has 0 fully saturated rings. The minimum absolute atomic E-state index is 0.579. The van der Waals surface area contributed by atoms with Gasteiger partial charge in [0.2, 0.25) is 0 Å². The molecule has 0 spiro atoms. The molecule has 11 rings (SSSR count). The van der Waals surface area contributed by atoms with Gasteiger partial charge in [-0.1, -0.05) is 121 Å². The first-order chi connectivity index (χ1) is 24.8. The van der Waals surface area contributed by atoms with Crippen LogP contribution in [0.5, 0.6) is 0 Å². The molecule has 0 bridgehead atoms. The maximum absolute atomic E-state index is 6.28. The molecule has 0 saturated heterocycles. The molecular weight excluding hydrogens is 615 g/mol. The molecule has 5 nitrogen and oxygen atoms in total. The highest BCUT2D eigenvalue weighted by atomic mass is 16.3. The molecular formula is C45H25N3O2. The number of fused-ring (bicyclic) bond motifs is 11. The van der Waals surface area contributed by atoms with E-state index < -0.39 is 0 Å². The SMILES string of the molecule is c1ccc2c(c1)ccc1ccc3ccc(-c4nc(-c5cccc6oc7ccccc7c56)nc(-c5cccc6oc7ccccc7c56)n4)cc3c12. The lowest BCUT2D eigenvalue weighted by Crippen LogP contribution is -2.01. The fourth-order valence-electron chi connectivity index (χ4n) is 7.63.